The molecule has 2 aromatic rings. The first-order valence-corrected chi connectivity index (χ1v) is 10.5. The van der Waals surface area contributed by atoms with Gasteiger partial charge in [0.1, 0.15) is 5.82 Å². The van der Waals surface area contributed by atoms with Crippen LogP contribution in [0.1, 0.15) is 28.5 Å². The highest BCUT2D eigenvalue weighted by atomic mass is 19.1. The van der Waals surface area contributed by atoms with E-state index in [1.54, 1.807) is 13.0 Å². The number of ether oxygens (including phenoxy) is 1. The molecular formula is C21H27FN6O3. The van der Waals surface area contributed by atoms with E-state index in [-0.39, 0.29) is 18.0 Å². The Morgan fingerprint density at radius 2 is 2.03 bits per heavy atom. The lowest BCUT2D eigenvalue weighted by atomic mass is 10.1. The van der Waals surface area contributed by atoms with Gasteiger partial charge in [-0.15, -0.1) is 5.10 Å². The van der Waals surface area contributed by atoms with Gasteiger partial charge in [0.15, 0.2) is 5.82 Å². The highest BCUT2D eigenvalue weighted by Crippen LogP contribution is 2.25. The summed E-state index contributed by atoms with van der Waals surface area (Å²) in [5.41, 5.74) is 2.09. The molecule has 2 aliphatic rings. The number of hydrogen-bond acceptors (Lipinski definition) is 7. The highest BCUT2D eigenvalue weighted by Gasteiger charge is 2.26. The number of nitrogens with zero attached hydrogens (tertiary/aromatic N) is 4. The molecule has 2 N–H and O–H groups in total. The van der Waals surface area contributed by atoms with Crippen molar-refractivity contribution in [2.75, 3.05) is 56.6 Å². The van der Waals surface area contributed by atoms with E-state index in [0.717, 1.165) is 31.9 Å². The molecule has 4 rings (SSSR count). The van der Waals surface area contributed by atoms with Crippen molar-refractivity contribution in [2.45, 2.75) is 19.9 Å². The number of anilines is 2. The standard InChI is InChI=1S/C21H27FN6O3/c1-3-31-21(30)28-18-6-7-23-13-16(18)19(25-28)24-20(29)15-5-4-14(12-17(15)22)27-10-8-26(2)9-11-27/h4-5,12,23H,3,6-11,13H2,1-2H3,(H,24,25,29). The number of piperazine rings is 1. The van der Waals surface area contributed by atoms with Gasteiger partial charge >= 0.3 is 6.09 Å². The van der Waals surface area contributed by atoms with Crippen LogP contribution in [0.4, 0.5) is 20.7 Å². The number of aromatic nitrogens is 2. The normalized spacial score (nSPS) is 16.7. The van der Waals surface area contributed by atoms with E-state index in [0.29, 0.717) is 30.8 Å². The third kappa shape index (κ3) is 4.40. The summed E-state index contributed by atoms with van der Waals surface area (Å²) in [6.07, 6.45) is -0.0191. The summed E-state index contributed by atoms with van der Waals surface area (Å²) in [6, 6.07) is 4.65. The minimum Gasteiger partial charge on any atom is -0.448 e. The SMILES string of the molecule is CCOC(=O)n1nc(NC(=O)c2ccc(N3CCN(C)CC3)cc2F)c2c1CCNC2. The lowest BCUT2D eigenvalue weighted by molar-refractivity contribution is 0.102. The van der Waals surface area contributed by atoms with Gasteiger partial charge < -0.3 is 25.2 Å². The molecule has 10 heteroatoms. The maximum Gasteiger partial charge on any atom is 0.434 e. The van der Waals surface area contributed by atoms with Crippen LogP contribution in [0.15, 0.2) is 18.2 Å². The van der Waals surface area contributed by atoms with Crippen LogP contribution in [0, 0.1) is 5.82 Å². The first-order valence-electron chi connectivity index (χ1n) is 10.5. The first kappa shape index (κ1) is 21.3. The quantitative estimate of drug-likeness (QED) is 0.763. The second-order valence-corrected chi connectivity index (χ2v) is 7.72. The van der Waals surface area contributed by atoms with Gasteiger partial charge in [0.05, 0.1) is 17.9 Å². The predicted octanol–water partition coefficient (Wildman–Crippen LogP) is 1.68. The monoisotopic (exact) mass is 430 g/mol. The summed E-state index contributed by atoms with van der Waals surface area (Å²) >= 11 is 0. The van der Waals surface area contributed by atoms with Crippen molar-refractivity contribution in [3.05, 3.63) is 40.8 Å². The lowest BCUT2D eigenvalue weighted by Crippen LogP contribution is -2.44. The van der Waals surface area contributed by atoms with Gasteiger partial charge in [-0.05, 0) is 32.2 Å². The number of nitrogens with one attached hydrogen (secondary N) is 2. The Hall–Kier alpha value is -2.98. The molecule has 0 bridgehead atoms. The molecular weight excluding hydrogens is 403 g/mol. The van der Waals surface area contributed by atoms with Crippen LogP contribution >= 0.6 is 0 Å². The van der Waals surface area contributed by atoms with Crippen LogP contribution in [-0.4, -0.2) is 73.1 Å². The molecule has 1 amide bonds. The molecule has 166 valence electrons. The van der Waals surface area contributed by atoms with Crippen LogP contribution in [0.25, 0.3) is 0 Å². The van der Waals surface area contributed by atoms with E-state index in [2.05, 4.69) is 32.6 Å². The Bertz CT molecular complexity index is 984. The minimum absolute atomic E-state index is 0.0684. The molecule has 0 saturated carbocycles. The van der Waals surface area contributed by atoms with Gasteiger partial charge in [-0.1, -0.05) is 0 Å². The van der Waals surface area contributed by atoms with E-state index in [1.165, 1.54) is 16.8 Å². The van der Waals surface area contributed by atoms with Crippen LogP contribution in [0.5, 0.6) is 0 Å². The lowest BCUT2D eigenvalue weighted by Gasteiger charge is -2.34. The van der Waals surface area contributed by atoms with E-state index < -0.39 is 17.8 Å². The second-order valence-electron chi connectivity index (χ2n) is 7.72. The van der Waals surface area contributed by atoms with Crippen molar-refractivity contribution in [3.8, 4) is 0 Å². The number of halogens is 1. The number of likely N-dealkylation sites (N-methyl/N-ethyl adjacent to an activating group) is 1. The van der Waals surface area contributed by atoms with Crippen molar-refractivity contribution >= 4 is 23.5 Å². The third-order valence-electron chi connectivity index (χ3n) is 5.67. The summed E-state index contributed by atoms with van der Waals surface area (Å²) in [4.78, 5) is 29.4. The van der Waals surface area contributed by atoms with Gasteiger partial charge in [-0.2, -0.15) is 4.68 Å². The zero-order valence-corrected chi connectivity index (χ0v) is 17.8. The molecule has 3 heterocycles. The Morgan fingerprint density at radius 1 is 1.26 bits per heavy atom. The van der Waals surface area contributed by atoms with E-state index in [9.17, 15) is 14.0 Å². The van der Waals surface area contributed by atoms with Crippen molar-refractivity contribution in [3.63, 3.8) is 0 Å². The minimum atomic E-state index is -0.607. The Labute approximate surface area is 180 Å². The smallest absolute Gasteiger partial charge is 0.434 e. The Kier molecular flexibility index (Phi) is 6.19. The van der Waals surface area contributed by atoms with E-state index >= 15 is 0 Å². The van der Waals surface area contributed by atoms with E-state index in [1.807, 2.05) is 0 Å². The number of carbonyl (C=O) groups excluding carboxylic acids is 2. The molecule has 0 atom stereocenters. The fraction of sp³-hybridized carbons (Fsp3) is 0.476. The number of fused-ring (bicyclic) bond motifs is 1. The summed E-state index contributed by atoms with van der Waals surface area (Å²) in [5, 5.41) is 10.1. The maximum atomic E-state index is 14.8. The molecule has 0 unspecified atom stereocenters. The summed E-state index contributed by atoms with van der Waals surface area (Å²) in [7, 11) is 2.06. The van der Waals surface area contributed by atoms with Crippen molar-refractivity contribution in [1.82, 2.24) is 20.0 Å². The number of hydrogen-bond donors (Lipinski definition) is 2. The largest absolute Gasteiger partial charge is 0.448 e. The van der Waals surface area contributed by atoms with Gasteiger partial charge in [0, 0.05) is 56.9 Å². The van der Waals surface area contributed by atoms with Gasteiger partial charge in [-0.3, -0.25) is 4.79 Å². The molecule has 1 aromatic carbocycles. The van der Waals surface area contributed by atoms with E-state index in [4.69, 9.17) is 4.74 Å². The summed E-state index contributed by atoms with van der Waals surface area (Å²) in [5.74, 6) is -0.960. The predicted molar refractivity (Wildman–Crippen MR) is 114 cm³/mol. The number of benzene rings is 1. The molecule has 0 spiro atoms. The van der Waals surface area contributed by atoms with Crippen molar-refractivity contribution < 1.29 is 18.7 Å². The Morgan fingerprint density at radius 3 is 2.74 bits per heavy atom. The number of carbonyl (C=O) groups is 2. The van der Waals surface area contributed by atoms with Crippen LogP contribution in [0.3, 0.4) is 0 Å². The van der Waals surface area contributed by atoms with Crippen molar-refractivity contribution in [2.24, 2.45) is 0 Å². The van der Waals surface area contributed by atoms with Gasteiger partial charge in [0.25, 0.3) is 5.91 Å². The zero-order valence-electron chi connectivity index (χ0n) is 17.8. The molecule has 0 aliphatic carbocycles. The molecule has 1 aromatic heterocycles. The molecule has 31 heavy (non-hydrogen) atoms. The van der Waals surface area contributed by atoms with Gasteiger partial charge in [-0.25, -0.2) is 9.18 Å². The van der Waals surface area contributed by atoms with Crippen LogP contribution in [0.2, 0.25) is 0 Å². The fourth-order valence-corrected chi connectivity index (χ4v) is 3.91. The number of amides is 1. The molecule has 9 nitrogen and oxygen atoms in total. The topological polar surface area (TPSA) is 91.7 Å². The maximum absolute atomic E-state index is 14.8. The average molecular weight is 430 g/mol. The Balaban J connectivity index is 1.54. The first-order chi connectivity index (χ1) is 15.0. The van der Waals surface area contributed by atoms with Crippen LogP contribution < -0.4 is 15.5 Å². The molecule has 2 aliphatic heterocycles. The molecule has 1 fully saturated rings. The highest BCUT2D eigenvalue weighted by molar-refractivity contribution is 6.04. The fourth-order valence-electron chi connectivity index (χ4n) is 3.91. The number of rotatable bonds is 4. The molecule has 0 radical (unpaired) electrons. The van der Waals surface area contributed by atoms with Gasteiger partial charge in [0.2, 0.25) is 0 Å². The summed E-state index contributed by atoms with van der Waals surface area (Å²) in [6.45, 7) is 6.52. The second kappa shape index (κ2) is 9.03. The average Bonchev–Trinajstić information content (AvgIpc) is 3.13. The zero-order chi connectivity index (χ0) is 22.0. The summed E-state index contributed by atoms with van der Waals surface area (Å²) < 4.78 is 21.0. The molecule has 1 saturated heterocycles. The van der Waals surface area contributed by atoms with Crippen LogP contribution in [-0.2, 0) is 17.7 Å². The van der Waals surface area contributed by atoms with Crippen molar-refractivity contribution in [1.29, 1.82) is 0 Å². The third-order valence-corrected chi connectivity index (χ3v) is 5.67.